The lowest BCUT2D eigenvalue weighted by Crippen LogP contribution is -1.93. The van der Waals surface area contributed by atoms with Crippen LogP contribution in [0.3, 0.4) is 0 Å². The summed E-state index contributed by atoms with van der Waals surface area (Å²) in [6, 6.07) is 0. The minimum Gasteiger partial charge on any atom is -0.481 e. The first kappa shape index (κ1) is 56.7. The van der Waals surface area contributed by atoms with Gasteiger partial charge in [-0.15, -0.1) is 0 Å². The molecule has 322 valence electrons. The Morgan fingerprint density at radius 1 is 0.278 bits per heavy atom. The van der Waals surface area contributed by atoms with E-state index < -0.39 is 11.9 Å². The Labute approximate surface area is 339 Å². The highest BCUT2D eigenvalue weighted by Gasteiger charge is 1.97. The second kappa shape index (κ2) is 55.8. The van der Waals surface area contributed by atoms with Gasteiger partial charge < -0.3 is 10.2 Å². The molecule has 0 aromatic heterocycles. The van der Waals surface area contributed by atoms with Gasteiger partial charge in [0, 0.05) is 12.8 Å². The zero-order valence-corrected chi connectivity index (χ0v) is 37.3. The van der Waals surface area contributed by atoms with Crippen LogP contribution in [0, 0.1) is 0 Å². The highest BCUT2D eigenvalue weighted by atomic mass is 16.4. The van der Waals surface area contributed by atoms with E-state index in [-0.39, 0.29) is 0 Å². The van der Waals surface area contributed by atoms with Crippen molar-refractivity contribution in [1.82, 2.24) is 0 Å². The number of rotatable bonds is 41. The van der Waals surface area contributed by atoms with Crippen LogP contribution in [-0.4, -0.2) is 22.2 Å². The van der Waals surface area contributed by atoms with Crippen molar-refractivity contribution in [2.75, 3.05) is 0 Å². The zero-order valence-electron chi connectivity index (χ0n) is 37.3. The summed E-state index contributed by atoms with van der Waals surface area (Å²) < 4.78 is 0. The molecule has 0 fully saturated rings. The average Bonchev–Trinajstić information content (AvgIpc) is 3.16. The minimum absolute atomic E-state index is 0.331. The van der Waals surface area contributed by atoms with Crippen LogP contribution in [-0.2, 0) is 9.59 Å². The van der Waals surface area contributed by atoms with E-state index in [0.29, 0.717) is 12.8 Å². The summed E-state index contributed by atoms with van der Waals surface area (Å²) >= 11 is 0. The third-order valence-electron chi connectivity index (χ3n) is 10.3. The first-order valence-corrected chi connectivity index (χ1v) is 24.2. The largest absolute Gasteiger partial charge is 0.481 e. The standard InChI is InChI=1S/C18H38.2C16H30O2/c1-3-5-7-9-11-13-15-17-18-16-14-12-10-8-6-4-2;2*1-2-3-4-5-6-7-8-9-10-11-12-13-14-15-16(17)18/h3-18H2,1-2H3;2*7-8H,2-6,9-15H2,1H3,(H,17,18)/b;8-7-;. The maximum Gasteiger partial charge on any atom is 0.303 e. The van der Waals surface area contributed by atoms with Crippen molar-refractivity contribution >= 4 is 11.9 Å². The van der Waals surface area contributed by atoms with Crippen LogP contribution in [0.15, 0.2) is 24.3 Å². The quantitative estimate of drug-likeness (QED) is 0.0480. The maximum absolute atomic E-state index is 10.3. The number of carboxylic acid groups (broad SMARTS) is 2. The van der Waals surface area contributed by atoms with Crippen molar-refractivity contribution < 1.29 is 19.8 Å². The lowest BCUT2D eigenvalue weighted by Gasteiger charge is -2.03. The van der Waals surface area contributed by atoms with Crippen LogP contribution in [0.5, 0.6) is 0 Å². The Morgan fingerprint density at radius 3 is 0.648 bits per heavy atom. The molecule has 0 radical (unpaired) electrons. The van der Waals surface area contributed by atoms with Gasteiger partial charge in [-0.1, -0.05) is 232 Å². The van der Waals surface area contributed by atoms with Gasteiger partial charge in [-0.3, -0.25) is 9.59 Å². The molecule has 4 nitrogen and oxygen atoms in total. The van der Waals surface area contributed by atoms with Crippen molar-refractivity contribution in [2.45, 2.75) is 285 Å². The van der Waals surface area contributed by atoms with Gasteiger partial charge in [0.25, 0.3) is 0 Å². The smallest absolute Gasteiger partial charge is 0.303 e. The Morgan fingerprint density at radius 2 is 0.444 bits per heavy atom. The van der Waals surface area contributed by atoms with Gasteiger partial charge in [0.1, 0.15) is 0 Å². The molecule has 0 bridgehead atoms. The molecular formula is C50H98O4. The fourth-order valence-electron chi connectivity index (χ4n) is 6.61. The molecule has 0 rings (SSSR count). The SMILES string of the molecule is CCCCCC/C=C\CCCCCCCC(=O)O.CCCCCCC=CCCCCCCCC(=O)O.CCCCCCCCCCCCCCCCCC. The lowest BCUT2D eigenvalue weighted by molar-refractivity contribution is -0.138. The molecular weight excluding hydrogens is 665 g/mol. The highest BCUT2D eigenvalue weighted by molar-refractivity contribution is 5.66. The first-order chi connectivity index (χ1) is 26.5. The summed E-state index contributed by atoms with van der Waals surface area (Å²) in [7, 11) is 0. The number of hydrogen-bond acceptors (Lipinski definition) is 2. The number of unbranched alkanes of at least 4 members (excludes halogenated alkanes) is 33. The maximum atomic E-state index is 10.3. The molecule has 0 saturated carbocycles. The second-order valence-electron chi connectivity index (χ2n) is 16.0. The van der Waals surface area contributed by atoms with Gasteiger partial charge in [0.2, 0.25) is 0 Å². The molecule has 0 aliphatic rings. The molecule has 0 aromatic carbocycles. The monoisotopic (exact) mass is 763 g/mol. The fourth-order valence-corrected chi connectivity index (χ4v) is 6.61. The minimum atomic E-state index is -0.666. The molecule has 0 amide bonds. The summed E-state index contributed by atoms with van der Waals surface area (Å²) in [4.78, 5) is 20.6. The van der Waals surface area contributed by atoms with Crippen molar-refractivity contribution in [2.24, 2.45) is 0 Å². The Bertz CT molecular complexity index is 681. The van der Waals surface area contributed by atoms with Crippen molar-refractivity contribution in [3.8, 4) is 0 Å². The second-order valence-corrected chi connectivity index (χ2v) is 16.0. The van der Waals surface area contributed by atoms with Crippen LogP contribution >= 0.6 is 0 Å². The fraction of sp³-hybridized carbons (Fsp3) is 0.880. The molecule has 4 heteroatoms. The van der Waals surface area contributed by atoms with Gasteiger partial charge in [-0.05, 0) is 64.2 Å². The van der Waals surface area contributed by atoms with Gasteiger partial charge in [0.05, 0.1) is 0 Å². The number of aliphatic carboxylic acids is 2. The van der Waals surface area contributed by atoms with E-state index in [9.17, 15) is 9.59 Å². The molecule has 0 spiro atoms. The Balaban J connectivity index is -0.000000722. The van der Waals surface area contributed by atoms with E-state index in [0.717, 1.165) is 25.7 Å². The van der Waals surface area contributed by atoms with Gasteiger partial charge in [-0.2, -0.15) is 0 Å². The van der Waals surface area contributed by atoms with Crippen LogP contribution < -0.4 is 0 Å². The van der Waals surface area contributed by atoms with Gasteiger partial charge in [-0.25, -0.2) is 0 Å². The summed E-state index contributed by atoms with van der Waals surface area (Å²) in [5.41, 5.74) is 0. The van der Waals surface area contributed by atoms with Crippen molar-refractivity contribution in [3.63, 3.8) is 0 Å². The molecule has 0 unspecified atom stereocenters. The van der Waals surface area contributed by atoms with Gasteiger partial charge in [0.15, 0.2) is 0 Å². The summed E-state index contributed by atoms with van der Waals surface area (Å²) in [6.07, 6.45) is 60.0. The highest BCUT2D eigenvalue weighted by Crippen LogP contribution is 2.14. The summed E-state index contributed by atoms with van der Waals surface area (Å²) in [6.45, 7) is 9.07. The number of carbonyl (C=O) groups is 2. The molecule has 0 saturated heterocycles. The van der Waals surface area contributed by atoms with E-state index in [2.05, 4.69) is 52.0 Å². The predicted molar refractivity (Wildman–Crippen MR) is 241 cm³/mol. The van der Waals surface area contributed by atoms with E-state index in [1.54, 1.807) is 0 Å². The number of carboxylic acids is 2. The molecule has 2 N–H and O–H groups in total. The lowest BCUT2D eigenvalue weighted by atomic mass is 10.0. The normalized spacial score (nSPS) is 11.1. The first-order valence-electron chi connectivity index (χ1n) is 24.2. The van der Waals surface area contributed by atoms with Gasteiger partial charge >= 0.3 is 11.9 Å². The predicted octanol–water partition coefficient (Wildman–Crippen LogP) is 17.9. The third kappa shape index (κ3) is 65.3. The molecule has 0 aliphatic carbocycles. The number of hydrogen-bond donors (Lipinski definition) is 2. The van der Waals surface area contributed by atoms with E-state index in [4.69, 9.17) is 10.2 Å². The molecule has 54 heavy (non-hydrogen) atoms. The summed E-state index contributed by atoms with van der Waals surface area (Å²) in [5.74, 6) is -1.33. The molecule has 0 aliphatic heterocycles. The zero-order chi connectivity index (χ0) is 40.3. The van der Waals surface area contributed by atoms with Crippen LogP contribution in [0.4, 0.5) is 0 Å². The average molecular weight is 763 g/mol. The van der Waals surface area contributed by atoms with Crippen molar-refractivity contribution in [1.29, 1.82) is 0 Å². The number of allylic oxidation sites excluding steroid dienone is 4. The molecule has 0 aromatic rings. The molecule has 0 atom stereocenters. The van der Waals surface area contributed by atoms with E-state index >= 15 is 0 Å². The third-order valence-corrected chi connectivity index (χ3v) is 10.3. The topological polar surface area (TPSA) is 74.6 Å². The van der Waals surface area contributed by atoms with Crippen molar-refractivity contribution in [3.05, 3.63) is 24.3 Å². The van der Waals surface area contributed by atoms with E-state index in [1.165, 1.54) is 218 Å². The van der Waals surface area contributed by atoms with Crippen LogP contribution in [0.1, 0.15) is 285 Å². The van der Waals surface area contributed by atoms with E-state index in [1.807, 2.05) is 0 Å². The Hall–Kier alpha value is -1.58. The Kier molecular flexibility index (Phi) is 58.6. The molecule has 0 heterocycles. The van der Waals surface area contributed by atoms with Crippen LogP contribution in [0.25, 0.3) is 0 Å². The van der Waals surface area contributed by atoms with Crippen LogP contribution in [0.2, 0.25) is 0 Å². The summed E-state index contributed by atoms with van der Waals surface area (Å²) in [5, 5.41) is 17.0.